The van der Waals surface area contributed by atoms with Gasteiger partial charge in [0.05, 0.1) is 11.6 Å². The maximum atomic E-state index is 13.5. The lowest BCUT2D eigenvalue weighted by Gasteiger charge is -2.25. The van der Waals surface area contributed by atoms with Gasteiger partial charge in [-0.25, -0.2) is 4.39 Å². The molecule has 1 atom stereocenters. The molecule has 31 heavy (non-hydrogen) atoms. The number of ketones is 1. The summed E-state index contributed by atoms with van der Waals surface area (Å²) in [6.07, 6.45) is 1.33. The predicted molar refractivity (Wildman–Crippen MR) is 110 cm³/mol. The van der Waals surface area contributed by atoms with Crippen LogP contribution >= 0.6 is 0 Å². The lowest BCUT2D eigenvalue weighted by Crippen LogP contribution is -2.30. The summed E-state index contributed by atoms with van der Waals surface area (Å²) in [5.41, 5.74) is 1.84. The largest absolute Gasteiger partial charge is 0.550 e. The van der Waals surface area contributed by atoms with Crippen LogP contribution < -0.4 is 5.11 Å². The third kappa shape index (κ3) is 4.99. The number of carbonyl (C=O) groups excluding carboxylic acids is 3. The van der Waals surface area contributed by atoms with Crippen molar-refractivity contribution < 1.29 is 29.0 Å². The molecule has 0 saturated carbocycles. The monoisotopic (exact) mass is 424 g/mol. The third-order valence-corrected chi connectivity index (χ3v) is 5.33. The van der Waals surface area contributed by atoms with Gasteiger partial charge in [0, 0.05) is 18.1 Å². The number of likely N-dealkylation sites (tertiary alicyclic amines) is 1. The molecule has 1 fully saturated rings. The maximum absolute atomic E-state index is 13.5. The molecule has 3 rings (SSSR count). The lowest BCUT2D eigenvalue weighted by molar-refractivity contribution is -0.305. The molecule has 2 aromatic rings. The van der Waals surface area contributed by atoms with Gasteiger partial charge < -0.3 is 19.9 Å². The Morgan fingerprint density at radius 3 is 2.29 bits per heavy atom. The lowest BCUT2D eigenvalue weighted by atomic mass is 9.95. The van der Waals surface area contributed by atoms with Crippen molar-refractivity contribution >= 4 is 23.4 Å². The number of rotatable bonds is 8. The van der Waals surface area contributed by atoms with E-state index in [4.69, 9.17) is 0 Å². The zero-order valence-corrected chi connectivity index (χ0v) is 17.1. The highest BCUT2D eigenvalue weighted by Gasteiger charge is 2.45. The smallest absolute Gasteiger partial charge is 0.295 e. The molecular weight excluding hydrogens is 401 g/mol. The number of carbonyl (C=O) groups is 3. The fourth-order valence-corrected chi connectivity index (χ4v) is 3.70. The summed E-state index contributed by atoms with van der Waals surface area (Å²) in [6.45, 7) is 2.09. The van der Waals surface area contributed by atoms with Crippen LogP contribution in [0.4, 0.5) is 4.39 Å². The second kappa shape index (κ2) is 9.55. The van der Waals surface area contributed by atoms with Crippen LogP contribution in [0.15, 0.2) is 54.1 Å². The van der Waals surface area contributed by atoms with Crippen molar-refractivity contribution in [2.24, 2.45) is 0 Å². The van der Waals surface area contributed by atoms with E-state index in [1.807, 2.05) is 6.92 Å². The SMILES string of the molecule is Cc1ccc(C(O)=C2C(=O)C(=O)N(CCCCCC(=O)[O-])C2c2ccc(F)cc2)cc1. The van der Waals surface area contributed by atoms with E-state index in [9.17, 15) is 29.0 Å². The van der Waals surface area contributed by atoms with Crippen LogP contribution in [0.5, 0.6) is 0 Å². The molecule has 1 saturated heterocycles. The fourth-order valence-electron chi connectivity index (χ4n) is 3.70. The number of aryl methyl sites for hydroxylation is 1. The highest BCUT2D eigenvalue weighted by Crippen LogP contribution is 2.39. The molecule has 162 valence electrons. The molecule has 0 aromatic heterocycles. The van der Waals surface area contributed by atoms with Gasteiger partial charge in [-0.3, -0.25) is 9.59 Å². The first-order valence-electron chi connectivity index (χ1n) is 10.1. The minimum atomic E-state index is -1.13. The van der Waals surface area contributed by atoms with E-state index >= 15 is 0 Å². The molecule has 0 bridgehead atoms. The number of amides is 1. The van der Waals surface area contributed by atoms with Crippen molar-refractivity contribution in [2.75, 3.05) is 6.54 Å². The molecule has 0 spiro atoms. The van der Waals surface area contributed by atoms with E-state index < -0.39 is 29.5 Å². The first-order valence-corrected chi connectivity index (χ1v) is 10.1. The number of unbranched alkanes of at least 4 members (excludes halogenated alkanes) is 2. The number of aliphatic hydroxyl groups is 1. The minimum Gasteiger partial charge on any atom is -0.550 e. The molecule has 1 N–H and O–H groups in total. The standard InChI is InChI=1S/C24H24FNO5/c1-15-6-8-17(9-7-15)22(29)20-21(16-10-12-18(25)13-11-16)26(24(31)23(20)30)14-4-2-3-5-19(27)28/h6-13,21,29H,2-5,14H2,1H3,(H,27,28)/p-1. The number of hydrogen-bond acceptors (Lipinski definition) is 5. The van der Waals surface area contributed by atoms with Crippen LogP contribution in [0.3, 0.4) is 0 Å². The van der Waals surface area contributed by atoms with Gasteiger partial charge in [-0.05, 0) is 43.9 Å². The number of carboxylic acid groups (broad SMARTS) is 1. The Labute approximate surface area is 179 Å². The zero-order chi connectivity index (χ0) is 22.5. The van der Waals surface area contributed by atoms with Gasteiger partial charge in [0.1, 0.15) is 11.6 Å². The molecule has 2 aromatic carbocycles. The molecule has 1 amide bonds. The predicted octanol–water partition coefficient (Wildman–Crippen LogP) is 2.87. The van der Waals surface area contributed by atoms with E-state index in [1.165, 1.54) is 29.2 Å². The molecular formula is C24H23FNO5-. The highest BCUT2D eigenvalue weighted by atomic mass is 19.1. The van der Waals surface area contributed by atoms with Gasteiger partial charge in [0.15, 0.2) is 0 Å². The molecule has 1 aliphatic rings. The number of aliphatic carboxylic acids is 1. The van der Waals surface area contributed by atoms with Crippen LogP contribution in [0.2, 0.25) is 0 Å². The third-order valence-electron chi connectivity index (χ3n) is 5.33. The topological polar surface area (TPSA) is 97.7 Å². The summed E-state index contributed by atoms with van der Waals surface area (Å²) < 4.78 is 13.5. The highest BCUT2D eigenvalue weighted by molar-refractivity contribution is 6.46. The summed E-state index contributed by atoms with van der Waals surface area (Å²) in [5.74, 6) is -3.43. The first-order chi connectivity index (χ1) is 14.8. The van der Waals surface area contributed by atoms with Gasteiger partial charge in [0.2, 0.25) is 0 Å². The average Bonchev–Trinajstić information content (AvgIpc) is 2.99. The Balaban J connectivity index is 1.96. The van der Waals surface area contributed by atoms with Crippen molar-refractivity contribution in [1.29, 1.82) is 0 Å². The Morgan fingerprint density at radius 1 is 1.03 bits per heavy atom. The molecule has 0 radical (unpaired) electrons. The van der Waals surface area contributed by atoms with Crippen molar-refractivity contribution in [3.63, 3.8) is 0 Å². The fraction of sp³-hybridized carbons (Fsp3) is 0.292. The number of benzene rings is 2. The van der Waals surface area contributed by atoms with Crippen LogP contribution in [-0.4, -0.2) is 34.2 Å². The summed E-state index contributed by atoms with van der Waals surface area (Å²) in [5, 5.41) is 21.5. The Morgan fingerprint density at radius 2 is 1.68 bits per heavy atom. The van der Waals surface area contributed by atoms with Gasteiger partial charge in [-0.1, -0.05) is 48.4 Å². The van der Waals surface area contributed by atoms with Gasteiger partial charge in [-0.15, -0.1) is 0 Å². The van der Waals surface area contributed by atoms with Crippen LogP contribution in [0.25, 0.3) is 5.76 Å². The molecule has 1 unspecified atom stereocenters. The van der Waals surface area contributed by atoms with E-state index in [1.54, 1.807) is 24.3 Å². The Hall–Kier alpha value is -3.48. The van der Waals surface area contributed by atoms with E-state index in [0.717, 1.165) is 5.56 Å². The Bertz CT molecular complexity index is 1010. The summed E-state index contributed by atoms with van der Waals surface area (Å²) in [6, 6.07) is 11.5. The van der Waals surface area contributed by atoms with Crippen LogP contribution in [-0.2, 0) is 14.4 Å². The second-order valence-corrected chi connectivity index (χ2v) is 7.59. The average molecular weight is 424 g/mol. The second-order valence-electron chi connectivity index (χ2n) is 7.59. The first kappa shape index (κ1) is 22.2. The summed E-state index contributed by atoms with van der Waals surface area (Å²) in [4.78, 5) is 37.6. The normalized spacial score (nSPS) is 17.9. The van der Waals surface area contributed by atoms with Gasteiger partial charge in [0.25, 0.3) is 11.7 Å². The van der Waals surface area contributed by atoms with E-state index in [-0.39, 0.29) is 24.3 Å². The maximum Gasteiger partial charge on any atom is 0.295 e. The Kier molecular flexibility index (Phi) is 6.84. The van der Waals surface area contributed by atoms with Crippen LogP contribution in [0, 0.1) is 12.7 Å². The quantitative estimate of drug-likeness (QED) is 0.304. The summed E-state index contributed by atoms with van der Waals surface area (Å²) in [7, 11) is 0. The number of halogens is 1. The molecule has 7 heteroatoms. The number of hydrogen-bond donors (Lipinski definition) is 1. The molecule has 1 heterocycles. The molecule has 6 nitrogen and oxygen atoms in total. The number of nitrogens with zero attached hydrogens (tertiary/aromatic N) is 1. The molecule has 1 aliphatic heterocycles. The van der Waals surface area contributed by atoms with Crippen LogP contribution in [0.1, 0.15) is 48.4 Å². The number of carboxylic acids is 1. The van der Waals surface area contributed by atoms with Crippen molar-refractivity contribution in [2.45, 2.75) is 38.6 Å². The molecule has 0 aliphatic carbocycles. The number of aliphatic hydroxyl groups excluding tert-OH is 1. The van der Waals surface area contributed by atoms with Crippen molar-refractivity contribution in [1.82, 2.24) is 4.90 Å². The van der Waals surface area contributed by atoms with Crippen molar-refractivity contribution in [3.05, 3.63) is 76.6 Å². The van der Waals surface area contributed by atoms with Crippen molar-refractivity contribution in [3.8, 4) is 0 Å². The minimum absolute atomic E-state index is 0.0461. The van der Waals surface area contributed by atoms with Gasteiger partial charge >= 0.3 is 0 Å². The number of Topliss-reactive ketones (excluding diaryl/α,β-unsaturated/α-hetero) is 1. The van der Waals surface area contributed by atoms with Gasteiger partial charge in [-0.2, -0.15) is 0 Å². The summed E-state index contributed by atoms with van der Waals surface area (Å²) >= 11 is 0. The van der Waals surface area contributed by atoms with E-state index in [0.29, 0.717) is 30.4 Å². The zero-order valence-electron chi connectivity index (χ0n) is 17.1. The van der Waals surface area contributed by atoms with E-state index in [2.05, 4.69) is 0 Å².